The molecule has 1 rings (SSSR count). The van der Waals surface area contributed by atoms with Gasteiger partial charge in [0.2, 0.25) is 5.91 Å². The Hall–Kier alpha value is -1.27. The zero-order chi connectivity index (χ0) is 16.6. The minimum atomic E-state index is -4.87. The van der Waals surface area contributed by atoms with Gasteiger partial charge in [0.1, 0.15) is 0 Å². The number of halogens is 3. The van der Waals surface area contributed by atoms with Crippen LogP contribution >= 0.6 is 0 Å². The van der Waals surface area contributed by atoms with Crippen molar-refractivity contribution in [3.63, 3.8) is 0 Å². The molecule has 1 saturated heterocycles. The van der Waals surface area contributed by atoms with Crippen LogP contribution in [0.15, 0.2) is 0 Å². The number of likely N-dealkylation sites (tertiary alicyclic amines) is 1. The van der Waals surface area contributed by atoms with Crippen LogP contribution in [0, 0.1) is 16.7 Å². The van der Waals surface area contributed by atoms with E-state index < -0.39 is 41.8 Å². The van der Waals surface area contributed by atoms with Crippen molar-refractivity contribution in [1.82, 2.24) is 4.90 Å². The summed E-state index contributed by atoms with van der Waals surface area (Å²) in [6.45, 7) is 6.25. The number of aliphatic carboxylic acids is 1. The third-order valence-corrected chi connectivity index (χ3v) is 4.01. The number of carboxylic acid groups (broad SMARTS) is 1. The maximum Gasteiger partial charge on any atom is 0.406 e. The van der Waals surface area contributed by atoms with E-state index in [1.807, 2.05) is 13.8 Å². The Morgan fingerprint density at radius 2 is 1.81 bits per heavy atom. The Balaban J connectivity index is 2.96. The summed E-state index contributed by atoms with van der Waals surface area (Å²) < 4.78 is 39.3. The lowest BCUT2D eigenvalue weighted by molar-refractivity contribution is -0.227. The summed E-state index contributed by atoms with van der Waals surface area (Å²) in [6, 6.07) is 0. The Bertz CT molecular complexity index is 432. The van der Waals surface area contributed by atoms with Crippen molar-refractivity contribution in [1.29, 1.82) is 0 Å². The van der Waals surface area contributed by atoms with E-state index in [2.05, 4.69) is 0 Å². The zero-order valence-electron chi connectivity index (χ0n) is 12.8. The monoisotopic (exact) mass is 309 g/mol. The van der Waals surface area contributed by atoms with Gasteiger partial charge in [-0.2, -0.15) is 13.2 Å². The van der Waals surface area contributed by atoms with Gasteiger partial charge in [0.25, 0.3) is 0 Å². The molecule has 0 radical (unpaired) electrons. The van der Waals surface area contributed by atoms with Crippen LogP contribution in [0.2, 0.25) is 0 Å². The first-order valence-corrected chi connectivity index (χ1v) is 6.93. The van der Waals surface area contributed by atoms with Crippen molar-refractivity contribution < 1.29 is 27.9 Å². The second kappa shape index (κ2) is 5.50. The topological polar surface area (TPSA) is 57.6 Å². The van der Waals surface area contributed by atoms with E-state index in [1.54, 1.807) is 13.8 Å². The van der Waals surface area contributed by atoms with Crippen LogP contribution in [0.3, 0.4) is 0 Å². The highest BCUT2D eigenvalue weighted by Crippen LogP contribution is 2.46. The summed E-state index contributed by atoms with van der Waals surface area (Å²) in [5, 5.41) is 8.99. The van der Waals surface area contributed by atoms with E-state index in [-0.39, 0.29) is 12.5 Å². The van der Waals surface area contributed by atoms with Gasteiger partial charge < -0.3 is 10.0 Å². The van der Waals surface area contributed by atoms with Crippen LogP contribution in [-0.4, -0.2) is 41.1 Å². The van der Waals surface area contributed by atoms with Gasteiger partial charge in [0.05, 0.1) is 0 Å². The normalized spacial score (nSPS) is 23.7. The first kappa shape index (κ1) is 17.8. The number of carboxylic acids is 1. The maximum absolute atomic E-state index is 13.1. The molecule has 7 heteroatoms. The number of hydrogen-bond donors (Lipinski definition) is 1. The number of nitrogens with zero attached hydrogens (tertiary/aromatic N) is 1. The van der Waals surface area contributed by atoms with Gasteiger partial charge in [-0.05, 0) is 18.8 Å². The fourth-order valence-electron chi connectivity index (χ4n) is 3.05. The van der Waals surface area contributed by atoms with Gasteiger partial charge in [-0.15, -0.1) is 0 Å². The lowest BCUT2D eigenvalue weighted by atomic mass is 9.82. The van der Waals surface area contributed by atoms with E-state index >= 15 is 0 Å². The van der Waals surface area contributed by atoms with E-state index in [1.165, 1.54) is 0 Å². The summed E-state index contributed by atoms with van der Waals surface area (Å²) in [7, 11) is 0. The molecule has 0 aliphatic carbocycles. The first-order valence-electron chi connectivity index (χ1n) is 6.93. The van der Waals surface area contributed by atoms with Crippen molar-refractivity contribution in [2.45, 2.75) is 46.7 Å². The van der Waals surface area contributed by atoms with Crippen molar-refractivity contribution >= 4 is 11.9 Å². The highest BCUT2D eigenvalue weighted by molar-refractivity contribution is 5.84. The van der Waals surface area contributed by atoms with Crippen LogP contribution in [0.5, 0.6) is 0 Å². The molecule has 1 amide bonds. The Morgan fingerprint density at radius 3 is 2.14 bits per heavy atom. The van der Waals surface area contributed by atoms with E-state index in [4.69, 9.17) is 5.11 Å². The number of hydrogen-bond acceptors (Lipinski definition) is 2. The van der Waals surface area contributed by atoms with Crippen LogP contribution in [0.25, 0.3) is 0 Å². The van der Waals surface area contributed by atoms with Crippen LogP contribution < -0.4 is 0 Å². The second-order valence-electron chi connectivity index (χ2n) is 6.84. The summed E-state index contributed by atoms with van der Waals surface area (Å²) >= 11 is 0. The van der Waals surface area contributed by atoms with Crippen LogP contribution in [-0.2, 0) is 9.59 Å². The zero-order valence-corrected chi connectivity index (χ0v) is 12.8. The summed E-state index contributed by atoms with van der Waals surface area (Å²) in [5.41, 5.74) is -3.63. The van der Waals surface area contributed by atoms with Crippen molar-refractivity contribution in [3.8, 4) is 0 Å². The predicted octanol–water partition coefficient (Wildman–Crippen LogP) is 2.92. The molecule has 0 saturated carbocycles. The third-order valence-electron chi connectivity index (χ3n) is 4.01. The number of amides is 1. The molecule has 21 heavy (non-hydrogen) atoms. The number of carbonyl (C=O) groups is 2. The molecule has 1 aliphatic heterocycles. The molecule has 0 aromatic rings. The smallest absolute Gasteiger partial charge is 0.406 e. The second-order valence-corrected chi connectivity index (χ2v) is 6.84. The molecule has 4 nitrogen and oxygen atoms in total. The van der Waals surface area contributed by atoms with Gasteiger partial charge in [0, 0.05) is 18.5 Å². The summed E-state index contributed by atoms with van der Waals surface area (Å²) in [6.07, 6.45) is -4.92. The first-order chi connectivity index (χ1) is 9.33. The largest absolute Gasteiger partial charge is 0.481 e. The van der Waals surface area contributed by atoms with E-state index in [0.29, 0.717) is 6.42 Å². The Morgan fingerprint density at radius 1 is 1.29 bits per heavy atom. The van der Waals surface area contributed by atoms with Crippen molar-refractivity contribution in [3.05, 3.63) is 0 Å². The molecular formula is C14H22F3NO3. The minimum Gasteiger partial charge on any atom is -0.481 e. The fraction of sp³-hybridized carbons (Fsp3) is 0.857. The summed E-state index contributed by atoms with van der Waals surface area (Å²) in [5.74, 6) is -2.10. The summed E-state index contributed by atoms with van der Waals surface area (Å²) in [4.78, 5) is 24.6. The number of rotatable bonds is 4. The molecule has 1 N–H and O–H groups in total. The molecule has 1 aliphatic rings. The van der Waals surface area contributed by atoms with Gasteiger partial charge in [0.15, 0.2) is 5.41 Å². The number of carbonyl (C=O) groups excluding carboxylic acids is 1. The molecule has 0 bridgehead atoms. The van der Waals surface area contributed by atoms with Gasteiger partial charge in [-0.1, -0.05) is 27.7 Å². The van der Waals surface area contributed by atoms with Crippen molar-refractivity contribution in [2.24, 2.45) is 16.7 Å². The van der Waals surface area contributed by atoms with Crippen molar-refractivity contribution in [2.75, 3.05) is 13.1 Å². The minimum absolute atomic E-state index is 0.174. The molecule has 1 heterocycles. The Kier molecular flexibility index (Phi) is 4.65. The quantitative estimate of drug-likeness (QED) is 0.868. The van der Waals surface area contributed by atoms with Crippen LogP contribution in [0.1, 0.15) is 40.5 Å². The molecule has 1 atom stereocenters. The molecule has 1 fully saturated rings. The predicted molar refractivity (Wildman–Crippen MR) is 70.6 cm³/mol. The molecule has 122 valence electrons. The highest BCUT2D eigenvalue weighted by Gasteiger charge is 2.64. The Labute approximate surface area is 122 Å². The average molecular weight is 309 g/mol. The third kappa shape index (κ3) is 3.32. The molecular weight excluding hydrogens is 287 g/mol. The average Bonchev–Trinajstić information content (AvgIpc) is 2.71. The molecule has 0 aromatic heterocycles. The lowest BCUT2D eigenvalue weighted by Gasteiger charge is -2.32. The fourth-order valence-corrected chi connectivity index (χ4v) is 3.05. The van der Waals surface area contributed by atoms with E-state index in [9.17, 15) is 22.8 Å². The van der Waals surface area contributed by atoms with E-state index in [0.717, 1.165) is 4.90 Å². The standard InChI is InChI=1S/C14H22F3NO3/c1-9(2)7-12(3,4)10(19)18-6-5-13(8-18,11(20)21)14(15,16)17/h9H,5-8H2,1-4H3,(H,20,21). The number of alkyl halides is 3. The SMILES string of the molecule is CC(C)CC(C)(C)C(=O)N1CCC(C(=O)O)(C(F)(F)F)C1. The molecule has 1 unspecified atom stereocenters. The van der Waals surface area contributed by atoms with Gasteiger partial charge in [-0.3, -0.25) is 9.59 Å². The lowest BCUT2D eigenvalue weighted by Crippen LogP contribution is -2.49. The molecule has 0 spiro atoms. The van der Waals surface area contributed by atoms with Gasteiger partial charge >= 0.3 is 12.1 Å². The van der Waals surface area contributed by atoms with Gasteiger partial charge in [-0.25, -0.2) is 0 Å². The van der Waals surface area contributed by atoms with Crippen LogP contribution in [0.4, 0.5) is 13.2 Å². The molecule has 0 aromatic carbocycles. The highest BCUT2D eigenvalue weighted by atomic mass is 19.4. The maximum atomic E-state index is 13.1.